The van der Waals surface area contributed by atoms with Crippen molar-refractivity contribution in [1.82, 2.24) is 10.3 Å². The highest BCUT2D eigenvalue weighted by Gasteiger charge is 2.24. The second kappa shape index (κ2) is 8.89. The second-order valence-corrected chi connectivity index (χ2v) is 8.24. The van der Waals surface area contributed by atoms with Gasteiger partial charge in [0.05, 0.1) is 21.1 Å². The van der Waals surface area contributed by atoms with Gasteiger partial charge in [0.2, 0.25) is 5.56 Å². The second-order valence-electron chi connectivity index (χ2n) is 8.01. The average molecular weight is 424 g/mol. The van der Waals surface area contributed by atoms with Crippen molar-refractivity contribution < 1.29 is 9.63 Å². The van der Waals surface area contributed by atoms with Gasteiger partial charge in [-0.3, -0.25) is 4.79 Å². The molecule has 5 nitrogen and oxygen atoms in total. The van der Waals surface area contributed by atoms with E-state index in [2.05, 4.69) is 45.7 Å². The van der Waals surface area contributed by atoms with Crippen LogP contribution in [0, 0.1) is 0 Å². The lowest BCUT2D eigenvalue weighted by molar-refractivity contribution is 0.171. The number of aliphatic hydroxyl groups is 1. The lowest BCUT2D eigenvalue weighted by Gasteiger charge is -2.18. The highest BCUT2D eigenvalue weighted by atomic mass is 31.0. The third-order valence-electron chi connectivity index (χ3n) is 6.19. The first kappa shape index (κ1) is 21.0. The van der Waals surface area contributed by atoms with Crippen molar-refractivity contribution in [2.24, 2.45) is 0 Å². The van der Waals surface area contributed by atoms with Crippen LogP contribution in [0.5, 0.6) is 5.75 Å². The molecule has 1 aliphatic rings. The van der Waals surface area contributed by atoms with E-state index in [0.717, 1.165) is 36.6 Å². The number of aliphatic hydroxyl groups excluding tert-OH is 1. The van der Waals surface area contributed by atoms with E-state index in [9.17, 15) is 9.90 Å². The monoisotopic (exact) mass is 424 g/mol. The molecule has 158 valence electrons. The Hall–Kier alpha value is -2.20. The van der Waals surface area contributed by atoms with E-state index in [1.54, 1.807) is 12.1 Å². The minimum Gasteiger partial charge on any atom is -0.478 e. The van der Waals surface area contributed by atoms with Crippen LogP contribution in [0.2, 0.25) is 0 Å². The molecule has 1 aliphatic carbocycles. The molecule has 2 aromatic carbocycles. The number of H-pyrrole nitrogens is 1. The molecule has 0 fully saturated rings. The number of hydrogen-bond donors (Lipinski definition) is 3. The maximum absolute atomic E-state index is 11.7. The van der Waals surface area contributed by atoms with Gasteiger partial charge in [0.1, 0.15) is 5.75 Å². The maximum Gasteiger partial charge on any atom is 0.248 e. The molecule has 0 saturated heterocycles. The van der Waals surface area contributed by atoms with Crippen LogP contribution < -0.4 is 15.4 Å². The van der Waals surface area contributed by atoms with E-state index >= 15 is 0 Å². The van der Waals surface area contributed by atoms with Crippen LogP contribution >= 0.6 is 9.47 Å². The minimum absolute atomic E-state index is 0.197. The van der Waals surface area contributed by atoms with Gasteiger partial charge in [0.15, 0.2) is 0 Å². The molecule has 6 heteroatoms. The Morgan fingerprint density at radius 3 is 2.40 bits per heavy atom. The molecule has 3 aromatic rings. The molecule has 30 heavy (non-hydrogen) atoms. The summed E-state index contributed by atoms with van der Waals surface area (Å²) in [7, 11) is 2.20. The topological polar surface area (TPSA) is 74.3 Å². The molecule has 0 saturated carbocycles. The Balaban J connectivity index is 1.49. The van der Waals surface area contributed by atoms with Crippen molar-refractivity contribution in [2.45, 2.75) is 51.7 Å². The van der Waals surface area contributed by atoms with Crippen LogP contribution in [0.3, 0.4) is 0 Å². The summed E-state index contributed by atoms with van der Waals surface area (Å²) in [5.74, 6) is 0.557. The molecule has 0 bridgehead atoms. The van der Waals surface area contributed by atoms with Crippen LogP contribution in [0.15, 0.2) is 41.2 Å². The van der Waals surface area contributed by atoms with Gasteiger partial charge in [-0.15, -0.1) is 0 Å². The van der Waals surface area contributed by atoms with Gasteiger partial charge in [-0.2, -0.15) is 0 Å². The van der Waals surface area contributed by atoms with Gasteiger partial charge in [-0.1, -0.05) is 32.0 Å². The molecule has 0 radical (unpaired) electrons. The van der Waals surface area contributed by atoms with E-state index in [1.165, 1.54) is 28.3 Å². The first-order valence-electron chi connectivity index (χ1n) is 10.6. The molecule has 1 heterocycles. The average Bonchev–Trinajstić information content (AvgIpc) is 3.17. The van der Waals surface area contributed by atoms with Crippen LogP contribution in [-0.4, -0.2) is 22.7 Å². The van der Waals surface area contributed by atoms with Crippen molar-refractivity contribution in [2.75, 3.05) is 6.54 Å². The SMILES string of the molecule is CCc1cc2c(cc1CC)CC(NC[C@H](O)c1ccc(OP)c3[nH]c(=O)ccc13)C2. The van der Waals surface area contributed by atoms with Crippen molar-refractivity contribution in [3.05, 3.63) is 74.6 Å². The molecule has 4 rings (SSSR count). The van der Waals surface area contributed by atoms with Crippen LogP contribution in [0.25, 0.3) is 10.9 Å². The lowest BCUT2D eigenvalue weighted by Crippen LogP contribution is -2.33. The molecule has 3 N–H and O–H groups in total. The summed E-state index contributed by atoms with van der Waals surface area (Å²) >= 11 is 0. The maximum atomic E-state index is 11.7. The fourth-order valence-corrected chi connectivity index (χ4v) is 4.80. The lowest BCUT2D eigenvalue weighted by atomic mass is 9.97. The minimum atomic E-state index is -0.682. The molecule has 0 spiro atoms. The molecule has 0 aliphatic heterocycles. The molecule has 0 amide bonds. The van der Waals surface area contributed by atoms with Crippen LogP contribution in [0.4, 0.5) is 0 Å². The quantitative estimate of drug-likeness (QED) is 0.507. The normalized spacial score (nSPS) is 14.8. The van der Waals surface area contributed by atoms with Gasteiger partial charge in [0.25, 0.3) is 0 Å². The number of benzene rings is 2. The molecule has 1 aromatic heterocycles. The van der Waals surface area contributed by atoms with Crippen molar-refractivity contribution in [3.8, 4) is 5.75 Å². The summed E-state index contributed by atoms with van der Waals surface area (Å²) in [4.78, 5) is 14.5. The first-order chi connectivity index (χ1) is 14.5. The van der Waals surface area contributed by atoms with Gasteiger partial charge in [-0.25, -0.2) is 0 Å². The third-order valence-corrected chi connectivity index (χ3v) is 6.45. The number of aryl methyl sites for hydroxylation is 2. The molecular weight excluding hydrogens is 395 g/mol. The van der Waals surface area contributed by atoms with E-state index in [0.29, 0.717) is 23.9 Å². The number of fused-ring (bicyclic) bond motifs is 2. The summed E-state index contributed by atoms with van der Waals surface area (Å²) in [6.07, 6.45) is 3.44. The Kier molecular flexibility index (Phi) is 6.24. The van der Waals surface area contributed by atoms with Crippen molar-refractivity contribution in [3.63, 3.8) is 0 Å². The van der Waals surface area contributed by atoms with Gasteiger partial charge >= 0.3 is 0 Å². The van der Waals surface area contributed by atoms with E-state index < -0.39 is 6.10 Å². The standard InChI is InChI=1S/C24H29N2O3P/c1-3-14-9-16-11-18(12-17(16)10-15(14)4-2)25-13-21(27)19-5-7-22(29-30)24-20(19)6-8-23(28)26-24/h5-10,18,21,25,27H,3-4,11-13,30H2,1-2H3,(H,26,28)/t21-/m0/s1. The van der Waals surface area contributed by atoms with Gasteiger partial charge in [0, 0.05) is 24.0 Å². The number of aromatic nitrogens is 1. The van der Waals surface area contributed by atoms with Crippen LogP contribution in [0.1, 0.15) is 47.8 Å². The number of nitrogens with one attached hydrogen (secondary N) is 2. The highest BCUT2D eigenvalue weighted by molar-refractivity contribution is 7.10. The Morgan fingerprint density at radius 2 is 1.80 bits per heavy atom. The predicted octanol–water partition coefficient (Wildman–Crippen LogP) is 3.61. The number of aromatic amines is 1. The smallest absolute Gasteiger partial charge is 0.248 e. The summed E-state index contributed by atoms with van der Waals surface area (Å²) in [6.45, 7) is 4.88. The zero-order chi connectivity index (χ0) is 21.3. The zero-order valence-electron chi connectivity index (χ0n) is 17.5. The van der Waals surface area contributed by atoms with Gasteiger partial charge in [-0.05, 0) is 65.6 Å². The number of rotatable bonds is 7. The summed E-state index contributed by atoms with van der Waals surface area (Å²) in [5, 5.41) is 15.2. The summed E-state index contributed by atoms with van der Waals surface area (Å²) in [6, 6.07) is 11.9. The Morgan fingerprint density at radius 1 is 1.13 bits per heavy atom. The van der Waals surface area contributed by atoms with Gasteiger partial charge < -0.3 is 19.9 Å². The Bertz CT molecular complexity index is 1090. The third kappa shape index (κ3) is 4.02. The Labute approximate surface area is 179 Å². The van der Waals surface area contributed by atoms with E-state index in [-0.39, 0.29) is 5.56 Å². The van der Waals surface area contributed by atoms with E-state index in [1.807, 2.05) is 6.07 Å². The predicted molar refractivity (Wildman–Crippen MR) is 124 cm³/mol. The van der Waals surface area contributed by atoms with Crippen LogP contribution in [-0.2, 0) is 25.7 Å². The molecule has 1 unspecified atom stereocenters. The first-order valence-corrected chi connectivity index (χ1v) is 11.1. The van der Waals surface area contributed by atoms with Crippen molar-refractivity contribution in [1.29, 1.82) is 0 Å². The number of pyridine rings is 1. The number of hydrogen-bond acceptors (Lipinski definition) is 4. The fraction of sp³-hybridized carbons (Fsp3) is 0.375. The van der Waals surface area contributed by atoms with E-state index in [4.69, 9.17) is 4.52 Å². The highest BCUT2D eigenvalue weighted by Crippen LogP contribution is 2.31. The largest absolute Gasteiger partial charge is 0.478 e. The fourth-order valence-electron chi connectivity index (χ4n) is 4.60. The van der Waals surface area contributed by atoms with Crippen molar-refractivity contribution >= 4 is 20.4 Å². The zero-order valence-corrected chi connectivity index (χ0v) is 18.7. The summed E-state index contributed by atoms with van der Waals surface area (Å²) < 4.78 is 5.28. The summed E-state index contributed by atoms with van der Waals surface area (Å²) in [5.41, 5.74) is 6.94. The molecule has 2 atom stereocenters. The molecular formula is C24H29N2O3P.